The van der Waals surface area contributed by atoms with Crippen LogP contribution in [0.1, 0.15) is 16.7 Å². The lowest BCUT2D eigenvalue weighted by Crippen LogP contribution is -2.13. The maximum Gasteiger partial charge on any atom is 0.416 e. The average molecular weight is 506 g/mol. The highest BCUT2D eigenvalue weighted by Crippen LogP contribution is 2.36. The number of rotatable bonds is 4. The largest absolute Gasteiger partial charge is 0.416 e. The molecule has 0 aliphatic rings. The Bertz CT molecular complexity index is 1530. The number of aromatic amines is 1. The molecule has 0 spiro atoms. The number of hydrogen-bond donors (Lipinski definition) is 1. The Morgan fingerprint density at radius 3 is 2.28 bits per heavy atom. The summed E-state index contributed by atoms with van der Waals surface area (Å²) in [4.78, 5) is 3.63. The van der Waals surface area contributed by atoms with Crippen LogP contribution in [0.2, 0.25) is 0 Å². The number of nitrogens with zero attached hydrogens (tertiary/aromatic N) is 5. The van der Waals surface area contributed by atoms with Crippen molar-refractivity contribution < 1.29 is 30.7 Å². The van der Waals surface area contributed by atoms with E-state index < -0.39 is 36.0 Å². The molecule has 36 heavy (non-hydrogen) atoms. The number of benzene rings is 2. The standard InChI is InChI=1S/C23H13F7N6/c24-21-16(2-1-5-31-21)13-3-4-18-17(8-13)20(34-32-18)19-11-36(35-33-19)10-12-6-14(22(25,26)27)9-15(7-12)23(28,29)30/h1-9,11H,10H2,(H,32,34). The summed E-state index contributed by atoms with van der Waals surface area (Å²) < 4.78 is 94.2. The Hall–Kier alpha value is -4.29. The van der Waals surface area contributed by atoms with Crippen LogP contribution in [0.3, 0.4) is 0 Å². The third-order valence-corrected chi connectivity index (χ3v) is 5.41. The van der Waals surface area contributed by atoms with Crippen LogP contribution in [0, 0.1) is 5.95 Å². The summed E-state index contributed by atoms with van der Waals surface area (Å²) in [7, 11) is 0. The predicted molar refractivity (Wildman–Crippen MR) is 114 cm³/mol. The molecule has 3 heterocycles. The average Bonchev–Trinajstić information content (AvgIpc) is 3.44. The van der Waals surface area contributed by atoms with Crippen molar-refractivity contribution in [1.29, 1.82) is 0 Å². The molecule has 3 aromatic heterocycles. The molecule has 0 fully saturated rings. The first-order valence-electron chi connectivity index (χ1n) is 10.3. The first-order chi connectivity index (χ1) is 17.0. The fraction of sp³-hybridized carbons (Fsp3) is 0.130. The van der Waals surface area contributed by atoms with Gasteiger partial charge in [-0.25, -0.2) is 9.67 Å². The molecule has 0 saturated carbocycles. The van der Waals surface area contributed by atoms with Gasteiger partial charge in [0, 0.05) is 17.1 Å². The van der Waals surface area contributed by atoms with Crippen LogP contribution in [0.5, 0.6) is 0 Å². The van der Waals surface area contributed by atoms with E-state index >= 15 is 0 Å². The zero-order chi connectivity index (χ0) is 25.7. The van der Waals surface area contributed by atoms with E-state index in [1.807, 2.05) is 0 Å². The number of aromatic nitrogens is 6. The lowest BCUT2D eigenvalue weighted by molar-refractivity contribution is -0.143. The molecule has 5 aromatic rings. The number of nitrogens with one attached hydrogen (secondary N) is 1. The van der Waals surface area contributed by atoms with E-state index in [1.54, 1.807) is 30.3 Å². The van der Waals surface area contributed by atoms with Gasteiger partial charge in [-0.3, -0.25) is 5.10 Å². The van der Waals surface area contributed by atoms with E-state index in [9.17, 15) is 30.7 Å². The third-order valence-electron chi connectivity index (χ3n) is 5.41. The predicted octanol–water partition coefficient (Wildman–Crippen LogP) is 6.11. The smallest absolute Gasteiger partial charge is 0.277 e. The zero-order valence-corrected chi connectivity index (χ0v) is 17.9. The van der Waals surface area contributed by atoms with E-state index in [2.05, 4.69) is 25.5 Å². The Labute approximate surface area is 197 Å². The SMILES string of the molecule is Fc1ncccc1-c1ccc2[nH]nc(-c3cn(Cc4cc(C(F)(F)F)cc(C(F)(F)F)c4)nn3)c2c1. The lowest BCUT2D eigenvalue weighted by atomic mass is 10.0. The molecule has 6 nitrogen and oxygen atoms in total. The van der Waals surface area contributed by atoms with Gasteiger partial charge in [-0.1, -0.05) is 11.3 Å². The maximum absolute atomic E-state index is 14.1. The second kappa shape index (κ2) is 8.43. The van der Waals surface area contributed by atoms with Crippen LogP contribution in [0.15, 0.2) is 60.9 Å². The molecule has 0 aliphatic carbocycles. The molecule has 0 unspecified atom stereocenters. The Morgan fingerprint density at radius 2 is 1.61 bits per heavy atom. The summed E-state index contributed by atoms with van der Waals surface area (Å²) in [5.74, 6) is -0.660. The fourth-order valence-electron chi connectivity index (χ4n) is 3.76. The molecule has 0 amide bonds. The quantitative estimate of drug-likeness (QED) is 0.236. The van der Waals surface area contributed by atoms with Gasteiger partial charge in [0.2, 0.25) is 5.95 Å². The monoisotopic (exact) mass is 506 g/mol. The van der Waals surface area contributed by atoms with Crippen LogP contribution in [0.4, 0.5) is 30.7 Å². The van der Waals surface area contributed by atoms with Gasteiger partial charge in [-0.05, 0) is 53.6 Å². The summed E-state index contributed by atoms with van der Waals surface area (Å²) in [6, 6.07) is 9.49. The normalized spacial score (nSPS) is 12.4. The van der Waals surface area contributed by atoms with Crippen molar-refractivity contribution in [3.05, 3.63) is 83.6 Å². The second-order valence-electron chi connectivity index (χ2n) is 7.89. The van der Waals surface area contributed by atoms with Gasteiger partial charge in [-0.15, -0.1) is 5.10 Å². The van der Waals surface area contributed by atoms with Crippen LogP contribution in [-0.4, -0.2) is 30.2 Å². The molecule has 13 heteroatoms. The van der Waals surface area contributed by atoms with E-state index in [4.69, 9.17) is 0 Å². The first-order valence-corrected chi connectivity index (χ1v) is 10.3. The highest BCUT2D eigenvalue weighted by molar-refractivity contribution is 5.94. The Morgan fingerprint density at radius 1 is 0.889 bits per heavy atom. The minimum atomic E-state index is -4.96. The molecular formula is C23H13F7N6. The lowest BCUT2D eigenvalue weighted by Gasteiger charge is -2.14. The van der Waals surface area contributed by atoms with Crippen molar-refractivity contribution in [2.45, 2.75) is 18.9 Å². The molecule has 184 valence electrons. The van der Waals surface area contributed by atoms with Crippen molar-refractivity contribution in [3.8, 4) is 22.5 Å². The molecule has 5 rings (SSSR count). The topological polar surface area (TPSA) is 72.3 Å². The van der Waals surface area contributed by atoms with Gasteiger partial charge in [0.1, 0.15) is 11.4 Å². The summed E-state index contributed by atoms with van der Waals surface area (Å²) in [6.45, 7) is -0.394. The Balaban J connectivity index is 1.49. The van der Waals surface area contributed by atoms with Gasteiger partial charge in [0.15, 0.2) is 0 Å². The first kappa shape index (κ1) is 23.5. The molecule has 2 aromatic carbocycles. The minimum Gasteiger partial charge on any atom is -0.277 e. The summed E-state index contributed by atoms with van der Waals surface area (Å²) in [6.07, 6.45) is -7.24. The van der Waals surface area contributed by atoms with E-state index in [0.29, 0.717) is 34.3 Å². The number of hydrogen-bond acceptors (Lipinski definition) is 4. The van der Waals surface area contributed by atoms with Gasteiger partial charge in [-0.2, -0.15) is 35.8 Å². The Kier molecular flexibility index (Phi) is 5.49. The van der Waals surface area contributed by atoms with E-state index in [-0.39, 0.29) is 22.9 Å². The highest BCUT2D eigenvalue weighted by Gasteiger charge is 2.37. The summed E-state index contributed by atoms with van der Waals surface area (Å²) in [5, 5.41) is 15.3. The number of alkyl halides is 6. The second-order valence-corrected chi connectivity index (χ2v) is 7.89. The van der Waals surface area contributed by atoms with Gasteiger partial charge in [0.25, 0.3) is 0 Å². The van der Waals surface area contributed by atoms with Crippen LogP contribution in [0.25, 0.3) is 33.4 Å². The highest BCUT2D eigenvalue weighted by atomic mass is 19.4. The van der Waals surface area contributed by atoms with Crippen molar-refractivity contribution in [1.82, 2.24) is 30.2 Å². The third kappa shape index (κ3) is 4.51. The molecule has 0 bridgehead atoms. The van der Waals surface area contributed by atoms with Gasteiger partial charge in [0.05, 0.1) is 29.4 Å². The van der Waals surface area contributed by atoms with Crippen LogP contribution in [-0.2, 0) is 18.9 Å². The van der Waals surface area contributed by atoms with Crippen LogP contribution < -0.4 is 0 Å². The van der Waals surface area contributed by atoms with Crippen molar-refractivity contribution >= 4 is 10.9 Å². The fourth-order valence-corrected chi connectivity index (χ4v) is 3.76. The van der Waals surface area contributed by atoms with Crippen LogP contribution >= 0.6 is 0 Å². The van der Waals surface area contributed by atoms with Crippen molar-refractivity contribution in [2.24, 2.45) is 0 Å². The summed E-state index contributed by atoms with van der Waals surface area (Å²) in [5.41, 5.74) is -1.17. The van der Waals surface area contributed by atoms with E-state index in [1.165, 1.54) is 12.4 Å². The molecule has 1 N–H and O–H groups in total. The van der Waals surface area contributed by atoms with Crippen molar-refractivity contribution in [2.75, 3.05) is 0 Å². The number of H-pyrrole nitrogens is 1. The molecule has 0 aliphatic heterocycles. The molecule has 0 atom stereocenters. The van der Waals surface area contributed by atoms with Gasteiger partial charge < -0.3 is 0 Å². The summed E-state index contributed by atoms with van der Waals surface area (Å²) >= 11 is 0. The minimum absolute atomic E-state index is 0.0643. The van der Waals surface area contributed by atoms with E-state index in [0.717, 1.165) is 4.68 Å². The zero-order valence-electron chi connectivity index (χ0n) is 17.9. The molecule has 0 saturated heterocycles. The number of fused-ring (bicyclic) bond motifs is 1. The maximum atomic E-state index is 14.1. The van der Waals surface area contributed by atoms with Gasteiger partial charge >= 0.3 is 12.4 Å². The number of pyridine rings is 1. The molecular weight excluding hydrogens is 493 g/mol. The number of halogens is 7. The molecule has 0 radical (unpaired) electrons. The van der Waals surface area contributed by atoms with Crippen molar-refractivity contribution in [3.63, 3.8) is 0 Å².